The van der Waals surface area contributed by atoms with Gasteiger partial charge in [0.05, 0.1) is 0 Å². The van der Waals surface area contributed by atoms with E-state index in [2.05, 4.69) is 27.7 Å². The molecule has 2 atom stereocenters. The Bertz CT molecular complexity index is 153. The molecule has 0 heterocycles. The fraction of sp³-hybridized carbons (Fsp3) is 1.00. The predicted octanol–water partition coefficient (Wildman–Crippen LogP) is 5.28. The molecule has 0 aromatic carbocycles. The standard InChI is InChI=1S/C15H30/c1-5-13(4)11-15(12(2)3)14-9-7-6-8-10-14/h12-15H,5-11H2,1-4H3. The first kappa shape index (κ1) is 13.1. The van der Waals surface area contributed by atoms with Crippen LogP contribution in [0.15, 0.2) is 0 Å². The van der Waals surface area contributed by atoms with Crippen LogP contribution in [0.2, 0.25) is 0 Å². The van der Waals surface area contributed by atoms with Crippen LogP contribution in [0.3, 0.4) is 0 Å². The fourth-order valence-electron chi connectivity index (χ4n) is 3.20. The molecule has 0 saturated heterocycles. The Morgan fingerprint density at radius 2 is 1.60 bits per heavy atom. The van der Waals surface area contributed by atoms with Crippen LogP contribution in [0.5, 0.6) is 0 Å². The van der Waals surface area contributed by atoms with Crippen molar-refractivity contribution in [2.24, 2.45) is 23.7 Å². The van der Waals surface area contributed by atoms with E-state index in [1.807, 2.05) is 0 Å². The molecule has 0 spiro atoms. The summed E-state index contributed by atoms with van der Waals surface area (Å²) >= 11 is 0. The zero-order valence-corrected chi connectivity index (χ0v) is 11.3. The van der Waals surface area contributed by atoms with E-state index in [1.165, 1.54) is 44.9 Å². The van der Waals surface area contributed by atoms with Gasteiger partial charge in [0.15, 0.2) is 0 Å². The quantitative estimate of drug-likeness (QED) is 0.579. The van der Waals surface area contributed by atoms with Gasteiger partial charge >= 0.3 is 0 Å². The molecule has 0 aliphatic heterocycles. The van der Waals surface area contributed by atoms with E-state index in [4.69, 9.17) is 0 Å². The molecule has 2 unspecified atom stereocenters. The van der Waals surface area contributed by atoms with Crippen molar-refractivity contribution in [3.8, 4) is 0 Å². The second kappa shape index (κ2) is 6.55. The van der Waals surface area contributed by atoms with Crippen molar-refractivity contribution < 1.29 is 0 Å². The maximum absolute atomic E-state index is 2.43. The molecule has 1 saturated carbocycles. The summed E-state index contributed by atoms with van der Waals surface area (Å²) < 4.78 is 0. The van der Waals surface area contributed by atoms with Crippen LogP contribution in [0, 0.1) is 23.7 Å². The largest absolute Gasteiger partial charge is 0.0651 e. The highest BCUT2D eigenvalue weighted by molar-refractivity contribution is 4.77. The number of hydrogen-bond donors (Lipinski definition) is 0. The van der Waals surface area contributed by atoms with Crippen LogP contribution >= 0.6 is 0 Å². The van der Waals surface area contributed by atoms with Gasteiger partial charge in [0.2, 0.25) is 0 Å². The molecule has 0 bridgehead atoms. The van der Waals surface area contributed by atoms with Crippen LogP contribution in [-0.4, -0.2) is 0 Å². The monoisotopic (exact) mass is 210 g/mol. The molecule has 1 aliphatic rings. The summed E-state index contributed by atoms with van der Waals surface area (Å²) in [4.78, 5) is 0. The average molecular weight is 210 g/mol. The topological polar surface area (TPSA) is 0 Å². The molecule has 0 aromatic heterocycles. The Hall–Kier alpha value is 0. The van der Waals surface area contributed by atoms with Gasteiger partial charge < -0.3 is 0 Å². The highest BCUT2D eigenvalue weighted by atomic mass is 14.3. The van der Waals surface area contributed by atoms with Gasteiger partial charge in [-0.05, 0) is 30.1 Å². The van der Waals surface area contributed by atoms with E-state index < -0.39 is 0 Å². The molecule has 0 amide bonds. The Kier molecular flexibility index (Phi) is 5.71. The lowest BCUT2D eigenvalue weighted by Crippen LogP contribution is -2.24. The molecule has 1 rings (SSSR count). The minimum absolute atomic E-state index is 0.891. The first-order valence-electron chi connectivity index (χ1n) is 7.15. The second-order valence-electron chi connectivity index (χ2n) is 6.06. The van der Waals surface area contributed by atoms with Crippen molar-refractivity contribution in [1.82, 2.24) is 0 Å². The van der Waals surface area contributed by atoms with Gasteiger partial charge in [0, 0.05) is 0 Å². The predicted molar refractivity (Wildman–Crippen MR) is 69.0 cm³/mol. The fourth-order valence-corrected chi connectivity index (χ4v) is 3.20. The average Bonchev–Trinajstić information content (AvgIpc) is 2.26. The summed E-state index contributed by atoms with van der Waals surface area (Å²) in [6.07, 6.45) is 10.3. The van der Waals surface area contributed by atoms with Gasteiger partial charge in [-0.25, -0.2) is 0 Å². The third-order valence-corrected chi connectivity index (χ3v) is 4.48. The molecule has 1 aliphatic carbocycles. The number of rotatable bonds is 5. The van der Waals surface area contributed by atoms with E-state index in [0.29, 0.717) is 0 Å². The summed E-state index contributed by atoms with van der Waals surface area (Å²) in [5.41, 5.74) is 0. The summed E-state index contributed by atoms with van der Waals surface area (Å²) in [7, 11) is 0. The van der Waals surface area contributed by atoms with Crippen molar-refractivity contribution in [2.75, 3.05) is 0 Å². The molecular formula is C15H30. The summed E-state index contributed by atoms with van der Waals surface area (Å²) in [6.45, 7) is 9.63. The Morgan fingerprint density at radius 3 is 2.07 bits per heavy atom. The second-order valence-corrected chi connectivity index (χ2v) is 6.06. The molecule has 0 nitrogen and oxygen atoms in total. The molecule has 0 N–H and O–H groups in total. The van der Waals surface area contributed by atoms with Crippen molar-refractivity contribution >= 4 is 0 Å². The van der Waals surface area contributed by atoms with E-state index in [1.54, 1.807) is 0 Å². The molecule has 15 heavy (non-hydrogen) atoms. The molecule has 0 aromatic rings. The van der Waals surface area contributed by atoms with E-state index >= 15 is 0 Å². The van der Waals surface area contributed by atoms with Crippen LogP contribution < -0.4 is 0 Å². The molecule has 1 fully saturated rings. The van der Waals surface area contributed by atoms with Crippen LogP contribution in [0.25, 0.3) is 0 Å². The van der Waals surface area contributed by atoms with E-state index in [0.717, 1.165) is 23.7 Å². The highest BCUT2D eigenvalue weighted by Gasteiger charge is 2.26. The Morgan fingerprint density at radius 1 is 1.00 bits per heavy atom. The van der Waals surface area contributed by atoms with Crippen molar-refractivity contribution in [3.63, 3.8) is 0 Å². The van der Waals surface area contributed by atoms with E-state index in [-0.39, 0.29) is 0 Å². The highest BCUT2D eigenvalue weighted by Crippen LogP contribution is 2.37. The maximum Gasteiger partial charge on any atom is -0.0360 e. The van der Waals surface area contributed by atoms with Crippen molar-refractivity contribution in [2.45, 2.75) is 72.6 Å². The third-order valence-electron chi connectivity index (χ3n) is 4.48. The van der Waals surface area contributed by atoms with Crippen molar-refractivity contribution in [1.29, 1.82) is 0 Å². The zero-order valence-electron chi connectivity index (χ0n) is 11.3. The SMILES string of the molecule is CCC(C)CC(C(C)C)C1CCCCC1. The van der Waals surface area contributed by atoms with E-state index in [9.17, 15) is 0 Å². The number of hydrogen-bond acceptors (Lipinski definition) is 0. The van der Waals surface area contributed by atoms with Gasteiger partial charge in [-0.2, -0.15) is 0 Å². The first-order valence-corrected chi connectivity index (χ1v) is 7.15. The lowest BCUT2D eigenvalue weighted by Gasteiger charge is -2.34. The van der Waals surface area contributed by atoms with Gasteiger partial charge in [-0.3, -0.25) is 0 Å². The zero-order chi connectivity index (χ0) is 11.3. The summed E-state index contributed by atoms with van der Waals surface area (Å²) in [6, 6.07) is 0. The van der Waals surface area contributed by atoms with Gasteiger partial charge in [0.1, 0.15) is 0 Å². The Labute approximate surface area is 96.8 Å². The smallest absolute Gasteiger partial charge is 0.0360 e. The molecule has 90 valence electrons. The molecular weight excluding hydrogens is 180 g/mol. The lowest BCUT2D eigenvalue weighted by atomic mass is 9.71. The van der Waals surface area contributed by atoms with Gasteiger partial charge in [-0.15, -0.1) is 0 Å². The molecule has 0 heteroatoms. The Balaban J connectivity index is 2.48. The minimum Gasteiger partial charge on any atom is -0.0651 e. The third kappa shape index (κ3) is 4.17. The van der Waals surface area contributed by atoms with Crippen LogP contribution in [0.1, 0.15) is 72.6 Å². The maximum atomic E-state index is 2.43. The summed E-state index contributed by atoms with van der Waals surface area (Å²) in [5.74, 6) is 3.87. The first-order chi connectivity index (χ1) is 7.15. The van der Waals surface area contributed by atoms with Crippen LogP contribution in [-0.2, 0) is 0 Å². The van der Waals surface area contributed by atoms with Gasteiger partial charge in [-0.1, -0.05) is 66.2 Å². The molecule has 0 radical (unpaired) electrons. The summed E-state index contributed by atoms with van der Waals surface area (Å²) in [5, 5.41) is 0. The normalized spacial score (nSPS) is 23.0. The lowest BCUT2D eigenvalue weighted by molar-refractivity contribution is 0.164. The minimum atomic E-state index is 0.891. The van der Waals surface area contributed by atoms with Gasteiger partial charge in [0.25, 0.3) is 0 Å². The van der Waals surface area contributed by atoms with Crippen LogP contribution in [0.4, 0.5) is 0 Å². The van der Waals surface area contributed by atoms with Crippen molar-refractivity contribution in [3.05, 3.63) is 0 Å².